The summed E-state index contributed by atoms with van der Waals surface area (Å²) in [6.45, 7) is 2.81. The molecule has 1 heterocycles. The van der Waals surface area contributed by atoms with E-state index >= 15 is 0 Å². The lowest BCUT2D eigenvalue weighted by Crippen LogP contribution is -2.50. The van der Waals surface area contributed by atoms with Crippen LogP contribution in [0, 0.1) is 0 Å². The third-order valence-electron chi connectivity index (χ3n) is 7.28. The van der Waals surface area contributed by atoms with Gasteiger partial charge in [0.15, 0.2) is 0 Å². The molecule has 4 amide bonds. The van der Waals surface area contributed by atoms with Gasteiger partial charge in [0, 0.05) is 55.3 Å². The molecule has 0 radical (unpaired) electrons. The van der Waals surface area contributed by atoms with Crippen LogP contribution in [0.15, 0.2) is 109 Å². The number of carbonyl (C=O) groups excluding carboxylic acids is 3. The number of methoxy groups -OCH3 is 1. The Balaban J connectivity index is 1.14. The van der Waals surface area contributed by atoms with E-state index in [1.807, 2.05) is 97.1 Å². The number of ether oxygens (including phenoxy) is 1. The number of anilines is 3. The van der Waals surface area contributed by atoms with Crippen molar-refractivity contribution in [3.63, 3.8) is 0 Å². The second-order valence-electron chi connectivity index (χ2n) is 10.2. The molecule has 0 bridgehead atoms. The topological polar surface area (TPSA) is 94.2 Å². The van der Waals surface area contributed by atoms with Gasteiger partial charge in [-0.25, -0.2) is 4.79 Å². The molecule has 5 rings (SSSR count). The molecule has 4 aromatic carbocycles. The third kappa shape index (κ3) is 7.91. The van der Waals surface area contributed by atoms with E-state index in [1.54, 1.807) is 29.0 Å². The van der Waals surface area contributed by atoms with Crippen LogP contribution in [0.1, 0.15) is 15.9 Å². The van der Waals surface area contributed by atoms with Crippen LogP contribution in [0.25, 0.3) is 0 Å². The maximum absolute atomic E-state index is 13.2. The van der Waals surface area contributed by atoms with Gasteiger partial charge >= 0.3 is 6.03 Å². The summed E-state index contributed by atoms with van der Waals surface area (Å²) in [5.41, 5.74) is 3.87. The smallest absolute Gasteiger partial charge is 0.321 e. The minimum atomic E-state index is -0.274. The molecule has 0 aliphatic carbocycles. The molecule has 1 aliphatic heterocycles. The first kappa shape index (κ1) is 29.2. The molecule has 0 atom stereocenters. The van der Waals surface area contributed by atoms with Gasteiger partial charge < -0.3 is 30.1 Å². The van der Waals surface area contributed by atoms with Gasteiger partial charge in [0.25, 0.3) is 5.91 Å². The van der Waals surface area contributed by atoms with E-state index in [-0.39, 0.29) is 24.4 Å². The fourth-order valence-electron chi connectivity index (χ4n) is 4.94. The highest BCUT2D eigenvalue weighted by molar-refractivity contribution is 5.99. The average molecular weight is 578 g/mol. The normalized spacial score (nSPS) is 12.8. The number of nitrogens with one attached hydrogen (secondary N) is 2. The molecule has 0 spiro atoms. The fraction of sp³-hybridized carbons (Fsp3) is 0.206. The van der Waals surface area contributed by atoms with E-state index in [0.717, 1.165) is 22.7 Å². The zero-order valence-corrected chi connectivity index (χ0v) is 24.1. The Bertz CT molecular complexity index is 1500. The number of hydrogen-bond donors (Lipinski definition) is 2. The number of hydrogen-bond acceptors (Lipinski definition) is 5. The molecule has 0 aromatic heterocycles. The van der Waals surface area contributed by atoms with Crippen molar-refractivity contribution in [1.82, 2.24) is 9.80 Å². The van der Waals surface area contributed by atoms with Crippen LogP contribution < -0.4 is 20.3 Å². The Kier molecular flexibility index (Phi) is 9.53. The summed E-state index contributed by atoms with van der Waals surface area (Å²) >= 11 is 0. The largest absolute Gasteiger partial charge is 0.497 e. The van der Waals surface area contributed by atoms with Crippen LogP contribution >= 0.6 is 0 Å². The molecule has 0 unspecified atom stereocenters. The van der Waals surface area contributed by atoms with Crippen molar-refractivity contribution in [2.24, 2.45) is 0 Å². The van der Waals surface area contributed by atoms with Crippen molar-refractivity contribution in [3.8, 4) is 5.75 Å². The summed E-state index contributed by atoms with van der Waals surface area (Å²) in [6.07, 6.45) is 0. The van der Waals surface area contributed by atoms with Crippen molar-refractivity contribution in [2.75, 3.05) is 55.4 Å². The van der Waals surface area contributed by atoms with E-state index < -0.39 is 0 Å². The highest BCUT2D eigenvalue weighted by atomic mass is 16.5. The van der Waals surface area contributed by atoms with Crippen molar-refractivity contribution in [1.29, 1.82) is 0 Å². The van der Waals surface area contributed by atoms with Crippen LogP contribution in [-0.4, -0.2) is 67.5 Å². The average Bonchev–Trinajstić information content (AvgIpc) is 3.06. The number of urea groups is 1. The van der Waals surface area contributed by atoms with Gasteiger partial charge in [-0.3, -0.25) is 9.59 Å². The summed E-state index contributed by atoms with van der Waals surface area (Å²) in [5.74, 6) is 0.261. The van der Waals surface area contributed by atoms with Crippen LogP contribution in [0.5, 0.6) is 5.75 Å². The molecule has 1 saturated heterocycles. The van der Waals surface area contributed by atoms with Crippen molar-refractivity contribution in [2.45, 2.75) is 6.54 Å². The zero-order valence-electron chi connectivity index (χ0n) is 24.1. The van der Waals surface area contributed by atoms with Gasteiger partial charge in [-0.05, 0) is 66.2 Å². The first-order valence-electron chi connectivity index (χ1n) is 14.2. The third-order valence-corrected chi connectivity index (χ3v) is 7.28. The highest BCUT2D eigenvalue weighted by Crippen LogP contribution is 2.21. The molecule has 9 nitrogen and oxygen atoms in total. The quantitative estimate of drug-likeness (QED) is 0.281. The SMILES string of the molecule is COc1ccc(NC(=O)N2CCN(c3ccc(NC(=O)CN(Cc4ccccc4)C(=O)c4ccccc4)cc3)CC2)cc1. The Morgan fingerprint density at radius 3 is 1.93 bits per heavy atom. The molecule has 4 aromatic rings. The summed E-state index contributed by atoms with van der Waals surface area (Å²) in [4.78, 5) is 44.6. The molecule has 0 saturated carbocycles. The minimum absolute atomic E-state index is 0.0784. The Hall–Kier alpha value is -5.31. The van der Waals surface area contributed by atoms with Crippen molar-refractivity contribution < 1.29 is 19.1 Å². The van der Waals surface area contributed by atoms with E-state index in [4.69, 9.17) is 4.74 Å². The highest BCUT2D eigenvalue weighted by Gasteiger charge is 2.22. The molecule has 2 N–H and O–H groups in total. The van der Waals surface area contributed by atoms with E-state index in [2.05, 4.69) is 15.5 Å². The first-order chi connectivity index (χ1) is 21.0. The number of amides is 4. The van der Waals surface area contributed by atoms with Gasteiger partial charge in [0.1, 0.15) is 12.3 Å². The molecular formula is C34H35N5O4. The van der Waals surface area contributed by atoms with Gasteiger partial charge in [-0.15, -0.1) is 0 Å². The fourth-order valence-corrected chi connectivity index (χ4v) is 4.94. The summed E-state index contributed by atoms with van der Waals surface area (Å²) in [6, 6.07) is 33.4. The molecule has 1 fully saturated rings. The molecule has 43 heavy (non-hydrogen) atoms. The molecule has 1 aliphatic rings. The Labute approximate surface area is 251 Å². The number of nitrogens with zero attached hydrogens (tertiary/aromatic N) is 3. The molecular weight excluding hydrogens is 542 g/mol. The number of benzene rings is 4. The maximum atomic E-state index is 13.2. The van der Waals surface area contributed by atoms with Gasteiger partial charge in [-0.1, -0.05) is 48.5 Å². The lowest BCUT2D eigenvalue weighted by molar-refractivity contribution is -0.117. The Morgan fingerprint density at radius 1 is 0.721 bits per heavy atom. The Morgan fingerprint density at radius 2 is 1.30 bits per heavy atom. The van der Waals surface area contributed by atoms with E-state index in [0.29, 0.717) is 44.0 Å². The predicted octanol–water partition coefficient (Wildman–Crippen LogP) is 5.33. The second kappa shape index (κ2) is 14.0. The maximum Gasteiger partial charge on any atom is 0.321 e. The lowest BCUT2D eigenvalue weighted by atomic mass is 10.1. The lowest BCUT2D eigenvalue weighted by Gasteiger charge is -2.36. The van der Waals surface area contributed by atoms with Crippen molar-refractivity contribution >= 4 is 34.9 Å². The van der Waals surface area contributed by atoms with E-state index in [1.165, 1.54) is 0 Å². The molecule has 9 heteroatoms. The summed E-state index contributed by atoms with van der Waals surface area (Å²) in [7, 11) is 1.61. The van der Waals surface area contributed by atoms with Crippen LogP contribution in [0.4, 0.5) is 21.9 Å². The molecule has 220 valence electrons. The number of rotatable bonds is 9. The van der Waals surface area contributed by atoms with E-state index in [9.17, 15) is 14.4 Å². The van der Waals surface area contributed by atoms with Gasteiger partial charge in [0.05, 0.1) is 7.11 Å². The van der Waals surface area contributed by atoms with Crippen LogP contribution in [0.3, 0.4) is 0 Å². The van der Waals surface area contributed by atoms with Gasteiger partial charge in [-0.2, -0.15) is 0 Å². The standard InChI is InChI=1S/C34H35N5O4/c1-43-31-18-14-29(15-19-31)36-34(42)38-22-20-37(21-23-38)30-16-12-28(13-17-30)35-32(40)25-39(24-26-8-4-2-5-9-26)33(41)27-10-6-3-7-11-27/h2-19H,20-25H2,1H3,(H,35,40)(H,36,42). The number of carbonyl (C=O) groups is 3. The monoisotopic (exact) mass is 577 g/mol. The number of piperazine rings is 1. The van der Waals surface area contributed by atoms with Crippen LogP contribution in [-0.2, 0) is 11.3 Å². The first-order valence-corrected chi connectivity index (χ1v) is 14.2. The van der Waals surface area contributed by atoms with Crippen molar-refractivity contribution in [3.05, 3.63) is 120 Å². The van der Waals surface area contributed by atoms with Gasteiger partial charge in [0.2, 0.25) is 5.91 Å². The second-order valence-corrected chi connectivity index (χ2v) is 10.2. The minimum Gasteiger partial charge on any atom is -0.497 e. The van der Waals surface area contributed by atoms with Crippen LogP contribution in [0.2, 0.25) is 0 Å². The predicted molar refractivity (Wildman–Crippen MR) is 168 cm³/mol. The summed E-state index contributed by atoms with van der Waals surface area (Å²) < 4.78 is 5.17. The summed E-state index contributed by atoms with van der Waals surface area (Å²) in [5, 5.41) is 5.86. The zero-order chi connectivity index (χ0) is 30.0.